The highest BCUT2D eigenvalue weighted by Gasteiger charge is 2.04. The molecule has 0 bridgehead atoms. The number of nitrogens with zero attached hydrogens (tertiary/aromatic N) is 2. The quantitative estimate of drug-likeness (QED) is 0.690. The molecule has 0 saturated carbocycles. The topological polar surface area (TPSA) is 59.9 Å². The molecule has 0 atom stereocenters. The Hall–Kier alpha value is -3.14. The summed E-state index contributed by atoms with van der Waals surface area (Å²) in [5, 5.41) is 0. The lowest BCUT2D eigenvalue weighted by molar-refractivity contribution is 0.111. The maximum Gasteiger partial charge on any atom is 0.150 e. The van der Waals surface area contributed by atoms with Crippen molar-refractivity contribution in [2.24, 2.45) is 0 Å². The van der Waals surface area contributed by atoms with E-state index in [1.54, 1.807) is 36.7 Å². The first-order valence-corrected chi connectivity index (χ1v) is 6.73. The first kappa shape index (κ1) is 13.8. The lowest BCUT2D eigenvalue weighted by Crippen LogP contribution is -1.91. The molecule has 1 aromatic heterocycles. The van der Waals surface area contributed by atoms with Crippen LogP contribution in [0.1, 0.15) is 20.7 Å². The van der Waals surface area contributed by atoms with Crippen LogP contribution < -0.4 is 0 Å². The van der Waals surface area contributed by atoms with Crippen molar-refractivity contribution in [3.63, 3.8) is 0 Å². The lowest BCUT2D eigenvalue weighted by Gasteiger charge is -2.05. The summed E-state index contributed by atoms with van der Waals surface area (Å²) in [6, 6.07) is 14.3. The number of aromatic nitrogens is 2. The molecule has 4 heteroatoms. The number of rotatable bonds is 4. The molecule has 0 radical (unpaired) electrons. The van der Waals surface area contributed by atoms with Crippen molar-refractivity contribution in [1.82, 2.24) is 9.97 Å². The van der Waals surface area contributed by atoms with E-state index in [9.17, 15) is 9.59 Å². The number of hydrogen-bond acceptors (Lipinski definition) is 4. The fourth-order valence-corrected chi connectivity index (χ4v) is 2.11. The molecule has 0 aliphatic rings. The van der Waals surface area contributed by atoms with Crippen LogP contribution in [-0.2, 0) is 0 Å². The summed E-state index contributed by atoms with van der Waals surface area (Å²) in [6.45, 7) is 0. The predicted molar refractivity (Wildman–Crippen MR) is 83.7 cm³/mol. The zero-order valence-electron chi connectivity index (χ0n) is 11.6. The molecule has 0 unspecified atom stereocenters. The second-order valence-corrected chi connectivity index (χ2v) is 4.77. The third kappa shape index (κ3) is 2.81. The van der Waals surface area contributed by atoms with E-state index in [1.807, 2.05) is 24.3 Å². The van der Waals surface area contributed by atoms with E-state index >= 15 is 0 Å². The minimum Gasteiger partial charge on any atom is -0.298 e. The summed E-state index contributed by atoms with van der Waals surface area (Å²) in [4.78, 5) is 30.2. The molecule has 1 heterocycles. The van der Waals surface area contributed by atoms with Crippen LogP contribution >= 0.6 is 0 Å². The fraction of sp³-hybridized carbons (Fsp3) is 0. The highest BCUT2D eigenvalue weighted by Crippen LogP contribution is 2.21. The molecule has 106 valence electrons. The Morgan fingerprint density at radius 3 is 1.41 bits per heavy atom. The van der Waals surface area contributed by atoms with Crippen LogP contribution in [0.2, 0.25) is 0 Å². The van der Waals surface area contributed by atoms with Gasteiger partial charge < -0.3 is 0 Å². The molecular weight excluding hydrogens is 276 g/mol. The third-order valence-corrected chi connectivity index (χ3v) is 3.32. The van der Waals surface area contributed by atoms with Gasteiger partial charge in [0.25, 0.3) is 0 Å². The van der Waals surface area contributed by atoms with Gasteiger partial charge in [0.2, 0.25) is 0 Å². The Morgan fingerprint density at radius 2 is 1.05 bits per heavy atom. The minimum absolute atomic E-state index is 0.623. The minimum atomic E-state index is 0.623. The molecule has 0 spiro atoms. The second-order valence-electron chi connectivity index (χ2n) is 4.77. The van der Waals surface area contributed by atoms with Crippen LogP contribution in [0, 0.1) is 0 Å². The van der Waals surface area contributed by atoms with Gasteiger partial charge in [0.05, 0.1) is 23.8 Å². The van der Waals surface area contributed by atoms with Crippen molar-refractivity contribution in [2.75, 3.05) is 0 Å². The predicted octanol–water partition coefficient (Wildman–Crippen LogP) is 3.44. The molecule has 0 saturated heterocycles. The van der Waals surface area contributed by atoms with Gasteiger partial charge in [0.15, 0.2) is 0 Å². The molecule has 0 aliphatic carbocycles. The number of hydrogen-bond donors (Lipinski definition) is 0. The van der Waals surface area contributed by atoms with Crippen molar-refractivity contribution < 1.29 is 9.59 Å². The van der Waals surface area contributed by atoms with Crippen LogP contribution in [0.5, 0.6) is 0 Å². The molecule has 3 rings (SSSR count). The zero-order valence-corrected chi connectivity index (χ0v) is 11.6. The number of carbonyl (C=O) groups is 2. The highest BCUT2D eigenvalue weighted by molar-refractivity contribution is 5.77. The summed E-state index contributed by atoms with van der Waals surface area (Å²) < 4.78 is 0. The van der Waals surface area contributed by atoms with Gasteiger partial charge in [-0.3, -0.25) is 14.6 Å². The van der Waals surface area contributed by atoms with Gasteiger partial charge in [-0.25, -0.2) is 4.98 Å². The van der Waals surface area contributed by atoms with Crippen LogP contribution in [0.4, 0.5) is 0 Å². The van der Waals surface area contributed by atoms with Gasteiger partial charge in [0.1, 0.15) is 12.6 Å². The van der Waals surface area contributed by atoms with E-state index in [-0.39, 0.29) is 0 Å². The van der Waals surface area contributed by atoms with Crippen molar-refractivity contribution in [2.45, 2.75) is 0 Å². The molecule has 0 fully saturated rings. The molecule has 2 aromatic carbocycles. The number of aldehydes is 2. The highest BCUT2D eigenvalue weighted by atomic mass is 16.1. The molecule has 0 amide bonds. The average Bonchev–Trinajstić information content (AvgIpc) is 2.62. The summed E-state index contributed by atoms with van der Waals surface area (Å²) >= 11 is 0. The van der Waals surface area contributed by atoms with Crippen molar-refractivity contribution in [1.29, 1.82) is 0 Å². The van der Waals surface area contributed by atoms with Gasteiger partial charge in [0, 0.05) is 22.3 Å². The van der Waals surface area contributed by atoms with Crippen LogP contribution in [-0.4, -0.2) is 22.5 Å². The molecule has 0 N–H and O–H groups in total. The fourth-order valence-electron chi connectivity index (χ4n) is 2.11. The molecule has 4 nitrogen and oxygen atoms in total. The molecule has 0 aliphatic heterocycles. The lowest BCUT2D eigenvalue weighted by atomic mass is 10.1. The summed E-state index contributed by atoms with van der Waals surface area (Å²) in [6.07, 6.45) is 4.97. The maximum atomic E-state index is 10.7. The largest absolute Gasteiger partial charge is 0.298 e. The van der Waals surface area contributed by atoms with Crippen molar-refractivity contribution in [3.8, 4) is 22.5 Å². The van der Waals surface area contributed by atoms with Crippen LogP contribution in [0.25, 0.3) is 22.5 Å². The van der Waals surface area contributed by atoms with E-state index < -0.39 is 0 Å². The summed E-state index contributed by atoms with van der Waals surface area (Å²) in [5.41, 5.74) is 4.49. The first-order chi connectivity index (χ1) is 10.8. The number of carbonyl (C=O) groups excluding carboxylic acids is 2. The number of benzene rings is 2. The molecular formula is C18H12N2O2. The average molecular weight is 288 g/mol. The third-order valence-electron chi connectivity index (χ3n) is 3.32. The summed E-state index contributed by atoms with van der Waals surface area (Å²) in [5.74, 6) is 0. The van der Waals surface area contributed by atoms with Crippen LogP contribution in [0.3, 0.4) is 0 Å². The monoisotopic (exact) mass is 288 g/mol. The van der Waals surface area contributed by atoms with Gasteiger partial charge in [-0.2, -0.15) is 0 Å². The Kier molecular flexibility index (Phi) is 3.83. The second kappa shape index (κ2) is 6.10. The van der Waals surface area contributed by atoms with E-state index in [1.165, 1.54) is 0 Å². The van der Waals surface area contributed by atoms with Crippen LogP contribution in [0.15, 0.2) is 60.9 Å². The molecule has 22 heavy (non-hydrogen) atoms. The standard InChI is InChI=1S/C18H12N2O2/c21-11-13-1-5-15(6-2-13)17-9-19-10-18(20-17)16-7-3-14(12-22)4-8-16/h1-12H. The Labute approximate surface area is 127 Å². The van der Waals surface area contributed by atoms with Gasteiger partial charge >= 0.3 is 0 Å². The Bertz CT molecular complexity index is 743. The van der Waals surface area contributed by atoms with E-state index in [0.29, 0.717) is 11.1 Å². The maximum absolute atomic E-state index is 10.7. The SMILES string of the molecule is O=Cc1ccc(-c2cncc(-c3ccc(C=O)cc3)n2)cc1. The van der Waals surface area contributed by atoms with Gasteiger partial charge in [-0.15, -0.1) is 0 Å². The van der Waals surface area contributed by atoms with Crippen molar-refractivity contribution in [3.05, 3.63) is 72.1 Å². The normalized spacial score (nSPS) is 10.2. The smallest absolute Gasteiger partial charge is 0.150 e. The summed E-state index contributed by atoms with van der Waals surface area (Å²) in [7, 11) is 0. The Morgan fingerprint density at radius 1 is 0.636 bits per heavy atom. The van der Waals surface area contributed by atoms with E-state index in [2.05, 4.69) is 9.97 Å². The Balaban J connectivity index is 1.97. The van der Waals surface area contributed by atoms with E-state index in [4.69, 9.17) is 0 Å². The molecule has 3 aromatic rings. The zero-order chi connectivity index (χ0) is 15.4. The first-order valence-electron chi connectivity index (χ1n) is 6.73. The van der Waals surface area contributed by atoms with Crippen molar-refractivity contribution >= 4 is 12.6 Å². The van der Waals surface area contributed by atoms with Gasteiger partial charge in [-0.05, 0) is 0 Å². The van der Waals surface area contributed by atoms with Gasteiger partial charge in [-0.1, -0.05) is 48.5 Å². The van der Waals surface area contributed by atoms with E-state index in [0.717, 1.165) is 35.1 Å².